The smallest absolute Gasteiger partial charge is 0.260 e. The van der Waals surface area contributed by atoms with Crippen LogP contribution in [0.25, 0.3) is 0 Å². The monoisotopic (exact) mass is 277 g/mol. The number of carbonyl (C=O) groups excluding carboxylic acids is 1. The van der Waals surface area contributed by atoms with Gasteiger partial charge in [0.15, 0.2) is 6.61 Å². The molecule has 0 spiro atoms. The molecular formula is C16H23NO3. The number of benzene rings is 1. The summed E-state index contributed by atoms with van der Waals surface area (Å²) < 4.78 is 5.47. The number of carbonyl (C=O) groups is 1. The molecule has 0 saturated heterocycles. The van der Waals surface area contributed by atoms with Crippen LogP contribution in [0.4, 0.5) is 0 Å². The highest BCUT2D eigenvalue weighted by molar-refractivity contribution is 5.77. The summed E-state index contributed by atoms with van der Waals surface area (Å²) in [4.78, 5) is 13.4. The molecule has 0 atom stereocenters. The van der Waals surface area contributed by atoms with E-state index in [0.717, 1.165) is 0 Å². The Morgan fingerprint density at radius 2 is 2.05 bits per heavy atom. The van der Waals surface area contributed by atoms with Crippen LogP contribution < -0.4 is 4.74 Å². The van der Waals surface area contributed by atoms with Crippen LogP contribution >= 0.6 is 0 Å². The molecule has 0 heterocycles. The van der Waals surface area contributed by atoms with Crippen LogP contribution in [0.3, 0.4) is 0 Å². The van der Waals surface area contributed by atoms with E-state index in [1.165, 1.54) is 10.5 Å². The van der Waals surface area contributed by atoms with Gasteiger partial charge in [-0.1, -0.05) is 32.1 Å². The van der Waals surface area contributed by atoms with E-state index in [-0.39, 0.29) is 19.1 Å². The zero-order valence-electron chi connectivity index (χ0n) is 12.2. The second-order valence-corrected chi connectivity index (χ2v) is 4.86. The highest BCUT2D eigenvalue weighted by atomic mass is 16.5. The fourth-order valence-corrected chi connectivity index (χ4v) is 1.78. The van der Waals surface area contributed by atoms with Gasteiger partial charge in [0.05, 0.1) is 6.61 Å². The van der Waals surface area contributed by atoms with Gasteiger partial charge in [0, 0.05) is 13.1 Å². The summed E-state index contributed by atoms with van der Waals surface area (Å²) in [6.07, 6.45) is 1.63. The molecule has 1 amide bonds. The van der Waals surface area contributed by atoms with Crippen LogP contribution in [-0.4, -0.2) is 42.2 Å². The molecule has 0 aliphatic heterocycles. The van der Waals surface area contributed by atoms with Crippen molar-refractivity contribution in [2.24, 2.45) is 0 Å². The first-order valence-corrected chi connectivity index (χ1v) is 6.80. The Hall–Kier alpha value is -1.81. The van der Waals surface area contributed by atoms with Gasteiger partial charge in [0.1, 0.15) is 5.75 Å². The van der Waals surface area contributed by atoms with Gasteiger partial charge in [-0.3, -0.25) is 4.79 Å². The molecule has 1 rings (SSSR count). The molecule has 0 saturated carbocycles. The topological polar surface area (TPSA) is 49.8 Å². The Morgan fingerprint density at radius 3 is 2.55 bits per heavy atom. The van der Waals surface area contributed by atoms with Crippen molar-refractivity contribution in [3.8, 4) is 5.75 Å². The Balaban J connectivity index is 2.52. The van der Waals surface area contributed by atoms with E-state index in [2.05, 4.69) is 20.4 Å². The van der Waals surface area contributed by atoms with Gasteiger partial charge in [-0.25, -0.2) is 0 Å². The highest BCUT2D eigenvalue weighted by Gasteiger charge is 2.12. The van der Waals surface area contributed by atoms with Crippen LogP contribution in [0.1, 0.15) is 25.3 Å². The third kappa shape index (κ3) is 5.05. The van der Waals surface area contributed by atoms with Crippen molar-refractivity contribution in [1.82, 2.24) is 4.90 Å². The largest absolute Gasteiger partial charge is 0.484 e. The van der Waals surface area contributed by atoms with Crippen LogP contribution in [0.5, 0.6) is 5.75 Å². The third-order valence-electron chi connectivity index (χ3n) is 2.98. The summed E-state index contributed by atoms with van der Waals surface area (Å²) in [5, 5.41) is 8.91. The summed E-state index contributed by atoms with van der Waals surface area (Å²) in [7, 11) is 0. The van der Waals surface area contributed by atoms with E-state index in [4.69, 9.17) is 9.84 Å². The van der Waals surface area contributed by atoms with Gasteiger partial charge >= 0.3 is 0 Å². The van der Waals surface area contributed by atoms with Crippen LogP contribution in [0.2, 0.25) is 0 Å². The summed E-state index contributed by atoms with van der Waals surface area (Å²) >= 11 is 0. The molecule has 0 bridgehead atoms. The summed E-state index contributed by atoms with van der Waals surface area (Å²) in [6, 6.07) is 7.73. The minimum absolute atomic E-state index is 0.0329. The number of rotatable bonds is 8. The second-order valence-electron chi connectivity index (χ2n) is 4.86. The first-order valence-electron chi connectivity index (χ1n) is 6.80. The molecule has 0 radical (unpaired) electrons. The lowest BCUT2D eigenvalue weighted by Gasteiger charge is -2.20. The maximum absolute atomic E-state index is 11.9. The third-order valence-corrected chi connectivity index (χ3v) is 2.98. The minimum atomic E-state index is -0.160. The van der Waals surface area contributed by atoms with Crippen LogP contribution in [-0.2, 0) is 4.79 Å². The molecule has 0 aliphatic rings. The molecule has 20 heavy (non-hydrogen) atoms. The zero-order valence-corrected chi connectivity index (χ0v) is 12.2. The standard InChI is InChI=1S/C16H23NO3/c1-4-9-17(10-11-18)16(19)12-20-15-7-5-14(6-8-15)13(2)3/h4-8,13,18H,1,9-12H2,2-3H3. The number of amides is 1. The predicted molar refractivity (Wildman–Crippen MR) is 79.9 cm³/mol. The van der Waals surface area contributed by atoms with Crippen molar-refractivity contribution in [3.63, 3.8) is 0 Å². The van der Waals surface area contributed by atoms with Gasteiger partial charge in [-0.05, 0) is 23.6 Å². The van der Waals surface area contributed by atoms with Crippen molar-refractivity contribution in [2.45, 2.75) is 19.8 Å². The summed E-state index contributed by atoms with van der Waals surface area (Å²) in [5.41, 5.74) is 1.23. The van der Waals surface area contributed by atoms with E-state index in [9.17, 15) is 4.79 Å². The summed E-state index contributed by atoms with van der Waals surface area (Å²) in [5.74, 6) is 0.982. The first kappa shape index (κ1) is 16.2. The SMILES string of the molecule is C=CCN(CCO)C(=O)COc1ccc(C(C)C)cc1. The van der Waals surface area contributed by atoms with E-state index in [0.29, 0.717) is 24.8 Å². The average Bonchev–Trinajstić information content (AvgIpc) is 2.45. The number of hydrogen-bond donors (Lipinski definition) is 1. The molecule has 1 aromatic rings. The lowest BCUT2D eigenvalue weighted by molar-refractivity contribution is -0.133. The van der Waals surface area contributed by atoms with Gasteiger partial charge in [-0.2, -0.15) is 0 Å². The molecule has 0 aromatic heterocycles. The first-order chi connectivity index (χ1) is 9.58. The van der Waals surface area contributed by atoms with Crippen molar-refractivity contribution >= 4 is 5.91 Å². The molecular weight excluding hydrogens is 254 g/mol. The fraction of sp³-hybridized carbons (Fsp3) is 0.438. The average molecular weight is 277 g/mol. The van der Waals surface area contributed by atoms with Gasteiger partial charge < -0.3 is 14.7 Å². The number of ether oxygens (including phenoxy) is 1. The molecule has 1 N–H and O–H groups in total. The van der Waals surface area contributed by atoms with E-state index >= 15 is 0 Å². The van der Waals surface area contributed by atoms with Crippen molar-refractivity contribution in [1.29, 1.82) is 0 Å². The van der Waals surface area contributed by atoms with Gasteiger partial charge in [0.2, 0.25) is 0 Å². The van der Waals surface area contributed by atoms with Crippen molar-refractivity contribution < 1.29 is 14.6 Å². The van der Waals surface area contributed by atoms with Crippen LogP contribution in [0, 0.1) is 0 Å². The van der Waals surface area contributed by atoms with Gasteiger partial charge in [0.25, 0.3) is 5.91 Å². The Kier molecular flexibility index (Phi) is 6.81. The fourth-order valence-electron chi connectivity index (χ4n) is 1.78. The lowest BCUT2D eigenvalue weighted by atomic mass is 10.0. The molecule has 1 aromatic carbocycles. The number of hydrogen-bond acceptors (Lipinski definition) is 3. The maximum atomic E-state index is 11.9. The molecule has 4 nitrogen and oxygen atoms in total. The number of aliphatic hydroxyl groups excluding tert-OH is 1. The van der Waals surface area contributed by atoms with E-state index in [1.54, 1.807) is 6.08 Å². The normalized spacial score (nSPS) is 10.4. The Bertz CT molecular complexity index is 426. The Morgan fingerprint density at radius 1 is 1.40 bits per heavy atom. The zero-order chi connectivity index (χ0) is 15.0. The molecule has 0 unspecified atom stereocenters. The molecule has 0 aliphatic carbocycles. The van der Waals surface area contributed by atoms with E-state index in [1.807, 2.05) is 24.3 Å². The quantitative estimate of drug-likeness (QED) is 0.741. The summed E-state index contributed by atoms with van der Waals surface area (Å²) in [6.45, 7) is 8.45. The second kappa shape index (κ2) is 8.38. The number of aliphatic hydroxyl groups is 1. The van der Waals surface area contributed by atoms with Gasteiger partial charge in [-0.15, -0.1) is 6.58 Å². The van der Waals surface area contributed by atoms with E-state index < -0.39 is 0 Å². The molecule has 110 valence electrons. The maximum Gasteiger partial charge on any atom is 0.260 e. The predicted octanol–water partition coefficient (Wildman–Crippen LogP) is 2.20. The molecule has 0 fully saturated rings. The number of nitrogens with zero attached hydrogens (tertiary/aromatic N) is 1. The van der Waals surface area contributed by atoms with Crippen molar-refractivity contribution in [2.75, 3.05) is 26.3 Å². The Labute approximate surface area is 120 Å². The van der Waals surface area contributed by atoms with Crippen LogP contribution in [0.15, 0.2) is 36.9 Å². The molecule has 4 heteroatoms. The minimum Gasteiger partial charge on any atom is -0.484 e. The lowest BCUT2D eigenvalue weighted by Crippen LogP contribution is -2.37. The van der Waals surface area contributed by atoms with Crippen molar-refractivity contribution in [3.05, 3.63) is 42.5 Å². The highest BCUT2D eigenvalue weighted by Crippen LogP contribution is 2.18.